The summed E-state index contributed by atoms with van der Waals surface area (Å²) in [6, 6.07) is 7.16. The summed E-state index contributed by atoms with van der Waals surface area (Å²) >= 11 is 0. The van der Waals surface area contributed by atoms with Crippen molar-refractivity contribution in [2.45, 2.75) is 13.5 Å². The second kappa shape index (κ2) is 5.76. The Hall–Kier alpha value is -2.70. The Balaban J connectivity index is 1.85. The van der Waals surface area contributed by atoms with Crippen molar-refractivity contribution >= 4 is 17.5 Å². The molecule has 1 aromatic heterocycles. The Kier molecular flexibility index (Phi) is 3.87. The molecule has 2 amide bonds. The first-order chi connectivity index (χ1) is 9.15. The fourth-order valence-electron chi connectivity index (χ4n) is 1.39. The molecule has 0 radical (unpaired) electrons. The molecular formula is C12H13N5O2. The van der Waals surface area contributed by atoms with Gasteiger partial charge in [-0.1, -0.05) is 17.7 Å². The molecule has 0 aliphatic carbocycles. The summed E-state index contributed by atoms with van der Waals surface area (Å²) in [4.78, 5) is 26.9. The number of hydrogen-bond donors (Lipinski definition) is 3. The molecule has 1 aromatic carbocycles. The van der Waals surface area contributed by atoms with E-state index in [9.17, 15) is 9.59 Å². The lowest BCUT2D eigenvalue weighted by Crippen LogP contribution is -2.35. The highest BCUT2D eigenvalue weighted by molar-refractivity contribution is 6.39. The van der Waals surface area contributed by atoms with E-state index in [1.807, 2.05) is 19.1 Å². The lowest BCUT2D eigenvalue weighted by molar-refractivity contribution is -0.136. The maximum absolute atomic E-state index is 11.6. The van der Waals surface area contributed by atoms with Gasteiger partial charge in [0.05, 0.1) is 6.54 Å². The monoisotopic (exact) mass is 259 g/mol. The van der Waals surface area contributed by atoms with Gasteiger partial charge in [0, 0.05) is 5.69 Å². The molecule has 1 heterocycles. The molecule has 0 spiro atoms. The first kappa shape index (κ1) is 12.7. The average molecular weight is 259 g/mol. The van der Waals surface area contributed by atoms with E-state index in [1.165, 1.54) is 6.33 Å². The zero-order valence-corrected chi connectivity index (χ0v) is 10.3. The quantitative estimate of drug-likeness (QED) is 0.693. The number of anilines is 1. The maximum atomic E-state index is 11.6. The molecule has 0 aliphatic rings. The van der Waals surface area contributed by atoms with Gasteiger partial charge >= 0.3 is 11.8 Å². The summed E-state index contributed by atoms with van der Waals surface area (Å²) in [6.45, 7) is 2.07. The summed E-state index contributed by atoms with van der Waals surface area (Å²) in [5.74, 6) is -0.961. The van der Waals surface area contributed by atoms with Crippen LogP contribution in [0.4, 0.5) is 5.69 Å². The van der Waals surface area contributed by atoms with Gasteiger partial charge in [-0.05, 0) is 19.1 Å². The number of amides is 2. The molecule has 7 heteroatoms. The van der Waals surface area contributed by atoms with Crippen LogP contribution in [0.3, 0.4) is 0 Å². The van der Waals surface area contributed by atoms with Crippen LogP contribution in [-0.4, -0.2) is 27.0 Å². The lowest BCUT2D eigenvalue weighted by atomic mass is 10.2. The minimum atomic E-state index is -0.725. The Morgan fingerprint density at radius 1 is 1.21 bits per heavy atom. The van der Waals surface area contributed by atoms with Gasteiger partial charge in [0.15, 0.2) is 0 Å². The molecule has 0 atom stereocenters. The number of rotatable bonds is 3. The number of aryl methyl sites for hydroxylation is 1. The minimum absolute atomic E-state index is 0.125. The minimum Gasteiger partial charge on any atom is -0.341 e. The van der Waals surface area contributed by atoms with Crippen LogP contribution in [0.25, 0.3) is 0 Å². The molecule has 2 aromatic rings. The molecule has 0 aliphatic heterocycles. The number of nitrogens with zero attached hydrogens (tertiary/aromatic N) is 2. The molecule has 0 bridgehead atoms. The number of carbonyl (C=O) groups is 2. The number of aromatic amines is 1. The summed E-state index contributed by atoms with van der Waals surface area (Å²) in [5, 5.41) is 11.1. The van der Waals surface area contributed by atoms with E-state index in [4.69, 9.17) is 0 Å². The van der Waals surface area contributed by atoms with Crippen molar-refractivity contribution in [2.24, 2.45) is 0 Å². The smallest absolute Gasteiger partial charge is 0.313 e. The third-order valence-corrected chi connectivity index (χ3v) is 2.40. The summed E-state index contributed by atoms with van der Waals surface area (Å²) in [7, 11) is 0. The van der Waals surface area contributed by atoms with Crippen molar-refractivity contribution in [1.82, 2.24) is 20.5 Å². The van der Waals surface area contributed by atoms with Crippen LogP contribution in [-0.2, 0) is 16.1 Å². The molecule has 0 saturated heterocycles. The molecule has 0 unspecified atom stereocenters. The van der Waals surface area contributed by atoms with Crippen LogP contribution in [0.5, 0.6) is 0 Å². The first-order valence-electron chi connectivity index (χ1n) is 5.65. The number of benzene rings is 1. The highest BCUT2D eigenvalue weighted by atomic mass is 16.2. The van der Waals surface area contributed by atoms with Crippen molar-refractivity contribution in [3.8, 4) is 0 Å². The average Bonchev–Trinajstić information content (AvgIpc) is 2.91. The van der Waals surface area contributed by atoms with E-state index in [0.717, 1.165) is 5.56 Å². The van der Waals surface area contributed by atoms with Gasteiger partial charge in [0.1, 0.15) is 12.2 Å². The largest absolute Gasteiger partial charge is 0.341 e. The van der Waals surface area contributed by atoms with Crippen LogP contribution in [0.1, 0.15) is 11.4 Å². The van der Waals surface area contributed by atoms with Crippen molar-refractivity contribution in [3.63, 3.8) is 0 Å². The maximum Gasteiger partial charge on any atom is 0.313 e. The van der Waals surface area contributed by atoms with Crippen LogP contribution >= 0.6 is 0 Å². The molecular weight excluding hydrogens is 246 g/mol. The predicted molar refractivity (Wildman–Crippen MR) is 68.0 cm³/mol. The van der Waals surface area contributed by atoms with Crippen LogP contribution in [0.2, 0.25) is 0 Å². The summed E-state index contributed by atoms with van der Waals surface area (Å²) in [5.41, 5.74) is 1.65. The highest BCUT2D eigenvalue weighted by Gasteiger charge is 2.13. The predicted octanol–water partition coefficient (Wildman–Crippen LogP) is 0.368. The molecule has 19 heavy (non-hydrogen) atoms. The third-order valence-electron chi connectivity index (χ3n) is 2.40. The molecule has 0 saturated carbocycles. The van der Waals surface area contributed by atoms with Gasteiger partial charge in [0.2, 0.25) is 0 Å². The SMILES string of the molecule is Cc1ccc(NC(=O)C(=O)NCc2ncn[nH]2)cc1. The van der Waals surface area contributed by atoms with E-state index in [1.54, 1.807) is 12.1 Å². The highest BCUT2D eigenvalue weighted by Crippen LogP contribution is 2.08. The Morgan fingerprint density at radius 2 is 1.95 bits per heavy atom. The van der Waals surface area contributed by atoms with Gasteiger partial charge in [-0.15, -0.1) is 0 Å². The number of nitrogens with one attached hydrogen (secondary N) is 3. The van der Waals surface area contributed by atoms with E-state index < -0.39 is 11.8 Å². The number of hydrogen-bond acceptors (Lipinski definition) is 4. The zero-order valence-electron chi connectivity index (χ0n) is 10.3. The normalized spacial score (nSPS) is 9.95. The Bertz CT molecular complexity index is 562. The van der Waals surface area contributed by atoms with Crippen LogP contribution < -0.4 is 10.6 Å². The Labute approximate surface area is 109 Å². The number of carbonyl (C=O) groups excluding carboxylic acids is 2. The van der Waals surface area contributed by atoms with Gasteiger partial charge in [-0.25, -0.2) is 4.98 Å². The summed E-state index contributed by atoms with van der Waals surface area (Å²) in [6.07, 6.45) is 1.33. The van der Waals surface area contributed by atoms with Gasteiger partial charge in [-0.2, -0.15) is 5.10 Å². The lowest BCUT2D eigenvalue weighted by Gasteiger charge is -2.05. The fraction of sp³-hybridized carbons (Fsp3) is 0.167. The van der Waals surface area contributed by atoms with E-state index in [2.05, 4.69) is 25.8 Å². The molecule has 7 nitrogen and oxygen atoms in total. The third kappa shape index (κ3) is 3.63. The first-order valence-corrected chi connectivity index (χ1v) is 5.65. The Morgan fingerprint density at radius 3 is 2.58 bits per heavy atom. The van der Waals surface area contributed by atoms with Crippen molar-refractivity contribution in [3.05, 3.63) is 42.0 Å². The van der Waals surface area contributed by atoms with Gasteiger partial charge < -0.3 is 10.6 Å². The topological polar surface area (TPSA) is 99.8 Å². The fourth-order valence-corrected chi connectivity index (χ4v) is 1.39. The zero-order chi connectivity index (χ0) is 13.7. The van der Waals surface area contributed by atoms with Crippen molar-refractivity contribution in [2.75, 3.05) is 5.32 Å². The van der Waals surface area contributed by atoms with Crippen LogP contribution in [0, 0.1) is 6.92 Å². The molecule has 98 valence electrons. The van der Waals surface area contributed by atoms with Crippen LogP contribution in [0.15, 0.2) is 30.6 Å². The van der Waals surface area contributed by atoms with Crippen molar-refractivity contribution < 1.29 is 9.59 Å². The summed E-state index contributed by atoms with van der Waals surface area (Å²) < 4.78 is 0. The molecule has 0 fully saturated rings. The molecule has 3 N–H and O–H groups in total. The van der Waals surface area contributed by atoms with Gasteiger partial charge in [0.25, 0.3) is 0 Å². The van der Waals surface area contributed by atoms with E-state index in [-0.39, 0.29) is 6.54 Å². The van der Waals surface area contributed by atoms with E-state index in [0.29, 0.717) is 11.5 Å². The van der Waals surface area contributed by atoms with E-state index >= 15 is 0 Å². The second-order valence-electron chi connectivity index (χ2n) is 3.93. The second-order valence-corrected chi connectivity index (χ2v) is 3.93. The van der Waals surface area contributed by atoms with Gasteiger partial charge in [-0.3, -0.25) is 14.7 Å². The number of H-pyrrole nitrogens is 1. The molecule has 2 rings (SSSR count). The standard InChI is InChI=1S/C12H13N5O2/c1-8-2-4-9(5-3-8)16-12(19)11(18)13-6-10-14-7-15-17-10/h2-5,7H,6H2,1H3,(H,13,18)(H,16,19)(H,14,15,17). The number of aromatic nitrogens is 3. The van der Waals surface area contributed by atoms with Crippen molar-refractivity contribution in [1.29, 1.82) is 0 Å².